The zero-order valence-corrected chi connectivity index (χ0v) is 9.85. The topological polar surface area (TPSA) is 63.4 Å². The Kier molecular flexibility index (Phi) is 7.85. The van der Waals surface area contributed by atoms with E-state index in [0.29, 0.717) is 0 Å². The third-order valence-electron chi connectivity index (χ3n) is 2.02. The lowest BCUT2D eigenvalue weighted by Crippen LogP contribution is -1.85. The van der Waals surface area contributed by atoms with Crippen LogP contribution in [0.5, 0.6) is 5.75 Å². The van der Waals surface area contributed by atoms with Crippen molar-refractivity contribution in [2.45, 2.75) is 39.5 Å². The molecule has 0 atom stereocenters. The van der Waals surface area contributed by atoms with Crippen LogP contribution in [0, 0.1) is 10.1 Å². The maximum atomic E-state index is 10.0. The average molecular weight is 225 g/mol. The minimum atomic E-state index is -0.514. The number of hydrogen-bond donors (Lipinski definition) is 1. The van der Waals surface area contributed by atoms with Crippen LogP contribution in [0.15, 0.2) is 24.3 Å². The van der Waals surface area contributed by atoms with E-state index in [4.69, 9.17) is 5.11 Å². The first-order chi connectivity index (χ1) is 7.61. The summed E-state index contributed by atoms with van der Waals surface area (Å²) in [6, 6.07) is 5.04. The molecule has 0 saturated carbocycles. The molecule has 0 saturated heterocycles. The maximum absolute atomic E-state index is 10.0. The molecule has 0 bridgehead atoms. The van der Waals surface area contributed by atoms with Crippen LogP contribution in [-0.4, -0.2) is 10.0 Å². The maximum Gasteiger partial charge on any atom is 0.269 e. The minimum Gasteiger partial charge on any atom is -0.508 e. The van der Waals surface area contributed by atoms with Crippen LogP contribution in [0.3, 0.4) is 0 Å². The van der Waals surface area contributed by atoms with Crippen molar-refractivity contribution in [3.05, 3.63) is 34.4 Å². The summed E-state index contributed by atoms with van der Waals surface area (Å²) in [5, 5.41) is 18.8. The number of benzene rings is 1. The summed E-state index contributed by atoms with van der Waals surface area (Å²) < 4.78 is 0. The fourth-order valence-electron chi connectivity index (χ4n) is 1.07. The molecule has 4 nitrogen and oxygen atoms in total. The second-order valence-corrected chi connectivity index (χ2v) is 3.48. The number of phenolic OH excluding ortho intramolecular Hbond substituents is 1. The van der Waals surface area contributed by atoms with E-state index in [9.17, 15) is 10.1 Å². The molecule has 1 aromatic carbocycles. The molecule has 0 aliphatic rings. The van der Waals surface area contributed by atoms with Gasteiger partial charge in [0.25, 0.3) is 5.69 Å². The normalized spacial score (nSPS) is 9.12. The van der Waals surface area contributed by atoms with Gasteiger partial charge in [-0.2, -0.15) is 0 Å². The van der Waals surface area contributed by atoms with E-state index in [0.717, 1.165) is 0 Å². The second kappa shape index (κ2) is 8.71. The summed E-state index contributed by atoms with van der Waals surface area (Å²) in [6.07, 6.45) is 5.54. The third-order valence-corrected chi connectivity index (χ3v) is 2.02. The van der Waals surface area contributed by atoms with Gasteiger partial charge in [0.1, 0.15) is 5.75 Å². The number of rotatable bonds is 4. The highest BCUT2D eigenvalue weighted by atomic mass is 16.6. The van der Waals surface area contributed by atoms with Crippen molar-refractivity contribution in [3.8, 4) is 5.75 Å². The van der Waals surface area contributed by atoms with Crippen LogP contribution >= 0.6 is 0 Å². The van der Waals surface area contributed by atoms with Crippen LogP contribution < -0.4 is 0 Å². The first-order valence-electron chi connectivity index (χ1n) is 5.55. The highest BCUT2D eigenvalue weighted by Gasteiger charge is 2.01. The molecule has 16 heavy (non-hydrogen) atoms. The van der Waals surface area contributed by atoms with E-state index in [-0.39, 0.29) is 11.4 Å². The first-order valence-corrected chi connectivity index (χ1v) is 5.55. The summed E-state index contributed by atoms with van der Waals surface area (Å²) in [5.41, 5.74) is -0.0159. The average Bonchev–Trinajstić information content (AvgIpc) is 2.28. The number of hydrogen-bond acceptors (Lipinski definition) is 3. The third kappa shape index (κ3) is 6.81. The first kappa shape index (κ1) is 14.4. The molecular formula is C12H19NO3. The number of nitrogens with zero attached hydrogens (tertiary/aromatic N) is 1. The van der Waals surface area contributed by atoms with Gasteiger partial charge in [-0.3, -0.25) is 10.1 Å². The molecule has 90 valence electrons. The van der Waals surface area contributed by atoms with Crippen molar-refractivity contribution < 1.29 is 10.0 Å². The Labute approximate surface area is 96.1 Å². The number of aromatic hydroxyl groups is 1. The van der Waals surface area contributed by atoms with Crippen LogP contribution in [-0.2, 0) is 0 Å². The number of unbranched alkanes of at least 4 members (excludes halogenated alkanes) is 3. The molecule has 1 aromatic rings. The monoisotopic (exact) mass is 225 g/mol. The predicted molar refractivity (Wildman–Crippen MR) is 64.6 cm³/mol. The zero-order chi connectivity index (χ0) is 12.4. The number of phenols is 1. The molecule has 0 aliphatic heterocycles. The van der Waals surface area contributed by atoms with Gasteiger partial charge in [0, 0.05) is 12.1 Å². The van der Waals surface area contributed by atoms with E-state index in [1.54, 1.807) is 0 Å². The Balaban J connectivity index is 0.000000325. The van der Waals surface area contributed by atoms with E-state index in [1.165, 1.54) is 49.9 Å². The summed E-state index contributed by atoms with van der Waals surface area (Å²) in [7, 11) is 0. The summed E-state index contributed by atoms with van der Waals surface area (Å²) in [5.74, 6) is 0.0330. The molecule has 0 fully saturated rings. The standard InChI is InChI=1S/C6H5NO3.C6H14/c8-6-3-1-5(2-4-6)7(9)10;1-3-5-6-4-2/h1-4,8H;3-6H2,1-2H3. The second-order valence-electron chi connectivity index (χ2n) is 3.48. The molecule has 0 amide bonds. The lowest BCUT2D eigenvalue weighted by molar-refractivity contribution is -0.384. The van der Waals surface area contributed by atoms with Crippen LogP contribution in [0.1, 0.15) is 39.5 Å². The Bertz CT molecular complexity index is 292. The molecule has 0 aromatic heterocycles. The smallest absolute Gasteiger partial charge is 0.269 e. The van der Waals surface area contributed by atoms with E-state index in [2.05, 4.69) is 13.8 Å². The molecular weight excluding hydrogens is 206 g/mol. The largest absolute Gasteiger partial charge is 0.508 e. The van der Waals surface area contributed by atoms with Crippen molar-refractivity contribution in [1.82, 2.24) is 0 Å². The lowest BCUT2D eigenvalue weighted by atomic mass is 10.2. The molecule has 4 heteroatoms. The number of nitro groups is 1. The van der Waals surface area contributed by atoms with Crippen LogP contribution in [0.25, 0.3) is 0 Å². The van der Waals surface area contributed by atoms with Crippen LogP contribution in [0.4, 0.5) is 5.69 Å². The van der Waals surface area contributed by atoms with Crippen molar-refractivity contribution >= 4 is 5.69 Å². The van der Waals surface area contributed by atoms with Crippen molar-refractivity contribution in [1.29, 1.82) is 0 Å². The van der Waals surface area contributed by atoms with Gasteiger partial charge in [-0.25, -0.2) is 0 Å². The Morgan fingerprint density at radius 1 is 1.12 bits per heavy atom. The molecule has 0 radical (unpaired) electrons. The Morgan fingerprint density at radius 2 is 1.56 bits per heavy atom. The molecule has 0 aliphatic carbocycles. The molecule has 0 spiro atoms. The molecule has 0 heterocycles. The van der Waals surface area contributed by atoms with Gasteiger partial charge in [-0.15, -0.1) is 0 Å². The molecule has 0 unspecified atom stereocenters. The van der Waals surface area contributed by atoms with E-state index < -0.39 is 4.92 Å². The number of nitro benzene ring substituents is 1. The zero-order valence-electron chi connectivity index (χ0n) is 9.85. The highest BCUT2D eigenvalue weighted by molar-refractivity contribution is 5.34. The molecule has 1 rings (SSSR count). The Hall–Kier alpha value is -1.58. The summed E-state index contributed by atoms with van der Waals surface area (Å²) >= 11 is 0. The predicted octanol–water partition coefficient (Wildman–Crippen LogP) is 3.89. The molecule has 1 N–H and O–H groups in total. The lowest BCUT2D eigenvalue weighted by Gasteiger charge is -1.89. The minimum absolute atomic E-state index is 0.0159. The summed E-state index contributed by atoms with van der Waals surface area (Å²) in [6.45, 7) is 4.46. The van der Waals surface area contributed by atoms with Crippen molar-refractivity contribution in [2.75, 3.05) is 0 Å². The van der Waals surface area contributed by atoms with Gasteiger partial charge in [-0.05, 0) is 12.1 Å². The van der Waals surface area contributed by atoms with E-state index >= 15 is 0 Å². The highest BCUT2D eigenvalue weighted by Crippen LogP contribution is 2.14. The van der Waals surface area contributed by atoms with Gasteiger partial charge in [0.05, 0.1) is 4.92 Å². The van der Waals surface area contributed by atoms with Gasteiger partial charge in [0.2, 0.25) is 0 Å². The quantitative estimate of drug-likeness (QED) is 0.480. The van der Waals surface area contributed by atoms with Gasteiger partial charge in [0.15, 0.2) is 0 Å². The SMILES string of the molecule is CCCCCC.O=[N+]([O-])c1ccc(O)cc1. The summed E-state index contributed by atoms with van der Waals surface area (Å²) in [4.78, 5) is 9.52. The van der Waals surface area contributed by atoms with Crippen molar-refractivity contribution in [3.63, 3.8) is 0 Å². The fraction of sp³-hybridized carbons (Fsp3) is 0.500. The van der Waals surface area contributed by atoms with Crippen molar-refractivity contribution in [2.24, 2.45) is 0 Å². The van der Waals surface area contributed by atoms with Gasteiger partial charge < -0.3 is 5.11 Å². The number of non-ortho nitro benzene ring substituents is 1. The fourth-order valence-corrected chi connectivity index (χ4v) is 1.07. The Morgan fingerprint density at radius 3 is 1.88 bits per heavy atom. The van der Waals surface area contributed by atoms with Crippen LogP contribution in [0.2, 0.25) is 0 Å². The van der Waals surface area contributed by atoms with E-state index in [1.807, 2.05) is 0 Å². The van der Waals surface area contributed by atoms with Gasteiger partial charge in [-0.1, -0.05) is 39.5 Å². The van der Waals surface area contributed by atoms with Gasteiger partial charge >= 0.3 is 0 Å².